The van der Waals surface area contributed by atoms with Gasteiger partial charge in [-0.3, -0.25) is 0 Å². The third-order valence-corrected chi connectivity index (χ3v) is 2.34. The maximum atomic E-state index is 5.42. The van der Waals surface area contributed by atoms with Gasteiger partial charge in [0.25, 0.3) is 0 Å². The topological polar surface area (TPSA) is 9.23 Å². The average Bonchev–Trinajstić information content (AvgIpc) is 1.65. The van der Waals surface area contributed by atoms with Crippen molar-refractivity contribution in [3.63, 3.8) is 0 Å². The fraction of sp³-hybridized carbons (Fsp3) is 0.833. The van der Waals surface area contributed by atoms with Crippen LogP contribution in [0.5, 0.6) is 0 Å². The zero-order chi connectivity index (χ0) is 6.04. The second kappa shape index (κ2) is 2.19. The third-order valence-electron chi connectivity index (χ3n) is 1.55. The van der Waals surface area contributed by atoms with Crippen LogP contribution < -0.4 is 0 Å². The molecule has 0 N–H and O–H groups in total. The summed E-state index contributed by atoms with van der Waals surface area (Å²) in [7, 11) is 1.08. The van der Waals surface area contributed by atoms with E-state index in [4.69, 9.17) is 4.74 Å². The van der Waals surface area contributed by atoms with Crippen LogP contribution in [-0.2, 0) is 4.74 Å². The Labute approximate surface area is 53.8 Å². The lowest BCUT2D eigenvalue weighted by Gasteiger charge is -2.29. The predicted octanol–water partition coefficient (Wildman–Crippen LogP) is 0.0827. The molecule has 1 aliphatic heterocycles. The fourth-order valence-corrected chi connectivity index (χ4v) is 1.55. The Hall–Kier alpha value is 0.177. The van der Waals surface area contributed by atoms with Gasteiger partial charge in [0.2, 0.25) is 0 Å². The quantitative estimate of drug-likeness (QED) is 0.421. The molecule has 1 nitrogen and oxygen atoms in total. The summed E-state index contributed by atoms with van der Waals surface area (Å²) in [6.07, 6.45) is 3.73. The highest BCUT2D eigenvalue weighted by atomic mass is 28.1. The second-order valence-electron chi connectivity index (χ2n) is 2.76. The second-order valence-corrected chi connectivity index (χ2v) is 4.58. The summed E-state index contributed by atoms with van der Waals surface area (Å²) in [6.45, 7) is 4.91. The van der Waals surface area contributed by atoms with Crippen molar-refractivity contribution in [3.8, 4) is 0 Å². The van der Waals surface area contributed by atoms with E-state index >= 15 is 0 Å². The highest BCUT2D eigenvalue weighted by Crippen LogP contribution is 2.19. The fourth-order valence-electron chi connectivity index (χ4n) is 0.992. The number of ether oxygens (including phenoxy) is 1. The maximum absolute atomic E-state index is 5.42. The molecule has 0 aromatic rings. The lowest BCUT2D eigenvalue weighted by molar-refractivity contribution is 0.0134. The van der Waals surface area contributed by atoms with Gasteiger partial charge < -0.3 is 4.74 Å². The van der Waals surface area contributed by atoms with Crippen molar-refractivity contribution in [2.45, 2.75) is 24.5 Å². The summed E-state index contributed by atoms with van der Waals surface area (Å²) in [6, 6.07) is 0. The minimum Gasteiger partial charge on any atom is -0.380 e. The van der Waals surface area contributed by atoms with Gasteiger partial charge in [0.1, 0.15) is 0 Å². The van der Waals surface area contributed by atoms with Crippen LogP contribution in [0.15, 0.2) is 0 Å². The van der Waals surface area contributed by atoms with Crippen molar-refractivity contribution in [2.75, 3.05) is 6.61 Å². The predicted molar refractivity (Wildman–Crippen MR) is 37.8 cm³/mol. The summed E-state index contributed by atoms with van der Waals surface area (Å²) in [5.41, 5.74) is 0. The molecular formula is C6H13OSi. The molecule has 0 spiro atoms. The Morgan fingerprint density at radius 1 is 1.50 bits per heavy atom. The zero-order valence-electron chi connectivity index (χ0n) is 5.44. The van der Waals surface area contributed by atoms with Crippen molar-refractivity contribution in [3.05, 3.63) is 6.92 Å². The van der Waals surface area contributed by atoms with E-state index in [-0.39, 0.29) is 5.22 Å². The van der Waals surface area contributed by atoms with Crippen molar-refractivity contribution in [1.29, 1.82) is 0 Å². The molecule has 0 amide bonds. The minimum atomic E-state index is 0.0677. The van der Waals surface area contributed by atoms with E-state index in [1.165, 1.54) is 19.3 Å². The highest BCUT2D eigenvalue weighted by molar-refractivity contribution is 6.15. The molecule has 1 saturated heterocycles. The first kappa shape index (κ1) is 6.30. The molecule has 47 valence electrons. The molecule has 1 rings (SSSR count). The highest BCUT2D eigenvalue weighted by Gasteiger charge is 2.20. The van der Waals surface area contributed by atoms with Crippen LogP contribution >= 0.6 is 0 Å². The summed E-state index contributed by atoms with van der Waals surface area (Å²) < 4.78 is 5.42. The molecule has 1 unspecified atom stereocenters. The van der Waals surface area contributed by atoms with E-state index in [1.807, 2.05) is 0 Å². The first-order valence-corrected chi connectivity index (χ1v) is 4.20. The molecule has 1 radical (unpaired) electrons. The molecular weight excluding hydrogens is 116 g/mol. The van der Waals surface area contributed by atoms with E-state index in [0.717, 1.165) is 16.8 Å². The SMILES string of the molecule is [CH2]C1([SiH3])CCCCO1. The lowest BCUT2D eigenvalue weighted by atomic mass is 10.1. The summed E-state index contributed by atoms with van der Waals surface area (Å²) in [4.78, 5) is 0. The average molecular weight is 129 g/mol. The van der Waals surface area contributed by atoms with Crippen LogP contribution in [0, 0.1) is 6.92 Å². The van der Waals surface area contributed by atoms with E-state index in [2.05, 4.69) is 6.92 Å². The summed E-state index contributed by atoms with van der Waals surface area (Å²) in [5.74, 6) is 0. The van der Waals surface area contributed by atoms with Gasteiger partial charge in [-0.15, -0.1) is 0 Å². The van der Waals surface area contributed by atoms with Crippen LogP contribution in [0.4, 0.5) is 0 Å². The van der Waals surface area contributed by atoms with Crippen LogP contribution in [0.25, 0.3) is 0 Å². The molecule has 1 atom stereocenters. The van der Waals surface area contributed by atoms with Gasteiger partial charge in [-0.05, 0) is 26.2 Å². The Kier molecular flexibility index (Phi) is 1.73. The Bertz CT molecular complexity index is 72.6. The third kappa shape index (κ3) is 1.60. The van der Waals surface area contributed by atoms with Crippen LogP contribution in [-0.4, -0.2) is 22.1 Å². The van der Waals surface area contributed by atoms with Gasteiger partial charge in [-0.2, -0.15) is 0 Å². The molecule has 0 aliphatic carbocycles. The van der Waals surface area contributed by atoms with E-state index in [0.29, 0.717) is 0 Å². The summed E-state index contributed by atoms with van der Waals surface area (Å²) in [5, 5.41) is 0.0677. The molecule has 8 heavy (non-hydrogen) atoms. The first-order chi connectivity index (χ1) is 3.71. The van der Waals surface area contributed by atoms with Gasteiger partial charge in [-0.1, -0.05) is 0 Å². The molecule has 1 fully saturated rings. The van der Waals surface area contributed by atoms with Crippen LogP contribution in [0.1, 0.15) is 19.3 Å². The van der Waals surface area contributed by atoms with Gasteiger partial charge in [0.15, 0.2) is 0 Å². The normalized spacial score (nSPS) is 40.1. The van der Waals surface area contributed by atoms with Crippen molar-refractivity contribution in [2.24, 2.45) is 0 Å². The molecule has 2 heteroatoms. The van der Waals surface area contributed by atoms with Gasteiger partial charge in [0.05, 0.1) is 0 Å². The van der Waals surface area contributed by atoms with Crippen molar-refractivity contribution >= 4 is 10.2 Å². The van der Waals surface area contributed by atoms with E-state index < -0.39 is 0 Å². The van der Waals surface area contributed by atoms with Gasteiger partial charge in [-0.25, -0.2) is 0 Å². The smallest absolute Gasteiger partial charge is 0.0487 e. The molecule has 0 aromatic heterocycles. The Morgan fingerprint density at radius 3 is 2.50 bits per heavy atom. The number of rotatable bonds is 0. The van der Waals surface area contributed by atoms with Gasteiger partial charge in [0, 0.05) is 22.1 Å². The molecule has 1 aliphatic rings. The first-order valence-electron chi connectivity index (χ1n) is 3.20. The number of hydrogen-bond donors (Lipinski definition) is 0. The largest absolute Gasteiger partial charge is 0.380 e. The minimum absolute atomic E-state index is 0.0677. The number of hydrogen-bond acceptors (Lipinski definition) is 1. The van der Waals surface area contributed by atoms with Crippen LogP contribution in [0.3, 0.4) is 0 Å². The Balaban J connectivity index is 2.33. The van der Waals surface area contributed by atoms with Gasteiger partial charge >= 0.3 is 0 Å². The standard InChI is InChI=1S/C6H13OSi/c1-6(8)4-2-3-5-7-6/h1-5H2,8H3. The molecule has 0 saturated carbocycles. The summed E-state index contributed by atoms with van der Waals surface area (Å²) >= 11 is 0. The molecule has 0 bridgehead atoms. The molecule has 1 heterocycles. The van der Waals surface area contributed by atoms with E-state index in [1.54, 1.807) is 0 Å². The lowest BCUT2D eigenvalue weighted by Crippen LogP contribution is -2.33. The zero-order valence-corrected chi connectivity index (χ0v) is 7.44. The monoisotopic (exact) mass is 129 g/mol. The Morgan fingerprint density at radius 2 is 2.25 bits per heavy atom. The molecule has 0 aromatic carbocycles. The van der Waals surface area contributed by atoms with Crippen molar-refractivity contribution in [1.82, 2.24) is 0 Å². The maximum Gasteiger partial charge on any atom is 0.0487 e. The van der Waals surface area contributed by atoms with Crippen LogP contribution in [0.2, 0.25) is 0 Å². The van der Waals surface area contributed by atoms with Crippen molar-refractivity contribution < 1.29 is 4.74 Å². The van der Waals surface area contributed by atoms with E-state index in [9.17, 15) is 0 Å².